The molecule has 0 aliphatic heterocycles. The Kier molecular flexibility index (Phi) is 12.0. The van der Waals surface area contributed by atoms with E-state index in [1.54, 1.807) is 7.11 Å². The molecular weight excluding hydrogens is 461 g/mol. The van der Waals surface area contributed by atoms with Gasteiger partial charge in [-0.1, -0.05) is 42.6 Å². The van der Waals surface area contributed by atoms with Crippen LogP contribution in [0.25, 0.3) is 0 Å². The highest BCUT2D eigenvalue weighted by Gasteiger charge is 2.43. The average molecular weight is 501 g/mol. The first kappa shape index (κ1) is 27.9. The van der Waals surface area contributed by atoms with Crippen molar-refractivity contribution in [3.8, 4) is 0 Å². The Morgan fingerprint density at radius 1 is 1.15 bits per heavy atom. The van der Waals surface area contributed by atoms with E-state index in [-0.39, 0.29) is 11.3 Å². The fourth-order valence-corrected chi connectivity index (χ4v) is 5.35. The van der Waals surface area contributed by atoms with Gasteiger partial charge in [-0.25, -0.2) is 0 Å². The van der Waals surface area contributed by atoms with Gasteiger partial charge in [-0.2, -0.15) is 0 Å². The summed E-state index contributed by atoms with van der Waals surface area (Å²) >= 11 is 12.7. The van der Waals surface area contributed by atoms with Gasteiger partial charge in [0.15, 0.2) is 0 Å². The lowest BCUT2D eigenvalue weighted by molar-refractivity contribution is -0.145. The first-order valence-corrected chi connectivity index (χ1v) is 13.0. The Labute approximate surface area is 208 Å². The molecule has 2 N–H and O–H groups in total. The highest BCUT2D eigenvalue weighted by atomic mass is 35.5. The molecule has 1 amide bonds. The Balaban J connectivity index is 1.88. The lowest BCUT2D eigenvalue weighted by atomic mass is 9.76. The fourth-order valence-electron chi connectivity index (χ4n) is 4.88. The molecule has 0 spiro atoms. The van der Waals surface area contributed by atoms with Gasteiger partial charge in [0.25, 0.3) is 0 Å². The zero-order chi connectivity index (χ0) is 24.3. The van der Waals surface area contributed by atoms with Gasteiger partial charge in [0.05, 0.1) is 5.92 Å². The van der Waals surface area contributed by atoms with Crippen LogP contribution in [0.1, 0.15) is 75.8 Å². The van der Waals surface area contributed by atoms with Crippen molar-refractivity contribution in [1.29, 1.82) is 0 Å². The second-order valence-electron chi connectivity index (χ2n) is 9.43. The molecule has 0 aromatic heterocycles. The second-order valence-corrected chi connectivity index (χ2v) is 10.6. The lowest BCUT2D eigenvalue weighted by Crippen LogP contribution is -2.42. The molecule has 1 aromatic carbocycles. The number of halogens is 2. The molecule has 0 radical (unpaired) electrons. The molecule has 5 nitrogen and oxygen atoms in total. The van der Waals surface area contributed by atoms with Gasteiger partial charge in [-0.3, -0.25) is 9.59 Å². The first-order valence-electron chi connectivity index (χ1n) is 12.2. The number of benzene rings is 1. The fraction of sp³-hybridized carbons (Fsp3) is 0.692. The Hall–Kier alpha value is -1.30. The van der Waals surface area contributed by atoms with Crippen molar-refractivity contribution in [2.24, 2.45) is 11.3 Å². The number of alkyl halides is 1. The molecule has 0 saturated heterocycles. The molecule has 2 unspecified atom stereocenters. The van der Waals surface area contributed by atoms with E-state index in [0.29, 0.717) is 26.0 Å². The van der Waals surface area contributed by atoms with Crippen LogP contribution in [0.15, 0.2) is 18.2 Å². The summed E-state index contributed by atoms with van der Waals surface area (Å²) in [6.45, 7) is 2.95. The average Bonchev–Trinajstić information content (AvgIpc) is 3.25. The zero-order valence-corrected chi connectivity index (χ0v) is 21.5. The first-order chi connectivity index (χ1) is 15.8. The SMILES string of the molecule is COCCC(CC1(C(=O)NCCCc2cccc(CCCC(C)Cl)c2Cl)CCCC1)C(=O)O. The summed E-state index contributed by atoms with van der Waals surface area (Å²) in [5, 5.41) is 13.7. The number of aliphatic carboxylic acids is 1. The summed E-state index contributed by atoms with van der Waals surface area (Å²) in [4.78, 5) is 24.9. The third kappa shape index (κ3) is 8.77. The third-order valence-electron chi connectivity index (χ3n) is 6.81. The summed E-state index contributed by atoms with van der Waals surface area (Å²) in [5.41, 5.74) is 1.67. The Bertz CT molecular complexity index is 763. The van der Waals surface area contributed by atoms with Crippen molar-refractivity contribution in [1.82, 2.24) is 5.32 Å². The number of rotatable bonds is 15. The van der Waals surface area contributed by atoms with E-state index in [0.717, 1.165) is 73.9 Å². The molecule has 1 aliphatic carbocycles. The van der Waals surface area contributed by atoms with Crippen LogP contribution in [0.4, 0.5) is 0 Å². The van der Waals surface area contributed by atoms with E-state index in [1.165, 1.54) is 0 Å². The standard InChI is InChI=1S/C26H39Cl2NO4/c1-19(27)8-5-9-20-10-6-11-21(23(20)28)12-7-16-29-25(32)26(14-3-4-15-26)18-22(24(30)31)13-17-33-2/h6,10-11,19,22H,3-5,7-9,12-18H2,1-2H3,(H,29,32)(H,30,31). The van der Waals surface area contributed by atoms with Crippen molar-refractivity contribution >= 4 is 35.1 Å². The Morgan fingerprint density at radius 2 is 1.79 bits per heavy atom. The molecule has 7 heteroatoms. The quantitative estimate of drug-likeness (QED) is 0.228. The topological polar surface area (TPSA) is 75.6 Å². The van der Waals surface area contributed by atoms with E-state index >= 15 is 0 Å². The number of carboxylic acid groups (broad SMARTS) is 1. The number of hydrogen-bond acceptors (Lipinski definition) is 3. The summed E-state index contributed by atoms with van der Waals surface area (Å²) in [6.07, 6.45) is 8.71. The summed E-state index contributed by atoms with van der Waals surface area (Å²) in [7, 11) is 1.57. The predicted molar refractivity (Wildman–Crippen MR) is 134 cm³/mol. The Morgan fingerprint density at radius 3 is 2.36 bits per heavy atom. The highest BCUT2D eigenvalue weighted by Crippen LogP contribution is 2.44. The minimum absolute atomic E-state index is 0.00120. The van der Waals surface area contributed by atoms with Crippen LogP contribution < -0.4 is 5.32 Å². The molecule has 0 bridgehead atoms. The molecule has 2 rings (SSSR count). The van der Waals surface area contributed by atoms with E-state index in [9.17, 15) is 14.7 Å². The van der Waals surface area contributed by atoms with Gasteiger partial charge in [0.1, 0.15) is 0 Å². The summed E-state index contributed by atoms with van der Waals surface area (Å²) < 4.78 is 5.07. The summed E-state index contributed by atoms with van der Waals surface area (Å²) in [5.74, 6) is -1.41. The van der Waals surface area contributed by atoms with Gasteiger partial charge < -0.3 is 15.2 Å². The van der Waals surface area contributed by atoms with Crippen molar-refractivity contribution in [2.45, 2.75) is 82.9 Å². The number of carbonyl (C=O) groups is 2. The van der Waals surface area contributed by atoms with Crippen LogP contribution in [0.2, 0.25) is 5.02 Å². The van der Waals surface area contributed by atoms with Crippen LogP contribution in [0, 0.1) is 11.3 Å². The normalized spacial score (nSPS) is 17.0. The van der Waals surface area contributed by atoms with Crippen LogP contribution in [0.5, 0.6) is 0 Å². The zero-order valence-electron chi connectivity index (χ0n) is 20.0. The number of amides is 1. The van der Waals surface area contributed by atoms with E-state index in [2.05, 4.69) is 11.4 Å². The van der Waals surface area contributed by atoms with Crippen molar-refractivity contribution in [2.75, 3.05) is 20.3 Å². The highest BCUT2D eigenvalue weighted by molar-refractivity contribution is 6.32. The van der Waals surface area contributed by atoms with Gasteiger partial charge in [-0.05, 0) is 75.8 Å². The molecule has 2 atom stereocenters. The van der Waals surface area contributed by atoms with Gasteiger partial charge in [0.2, 0.25) is 5.91 Å². The van der Waals surface area contributed by atoms with Crippen molar-refractivity contribution in [3.05, 3.63) is 34.3 Å². The van der Waals surface area contributed by atoms with Crippen LogP contribution in [-0.2, 0) is 27.2 Å². The molecule has 33 heavy (non-hydrogen) atoms. The number of aryl methyl sites for hydroxylation is 2. The smallest absolute Gasteiger partial charge is 0.306 e. The largest absolute Gasteiger partial charge is 0.481 e. The molecule has 1 aliphatic rings. The van der Waals surface area contributed by atoms with Gasteiger partial charge in [0, 0.05) is 36.1 Å². The molecule has 0 heterocycles. The van der Waals surface area contributed by atoms with Gasteiger partial charge in [-0.15, -0.1) is 11.6 Å². The number of carboxylic acids is 1. The van der Waals surface area contributed by atoms with Gasteiger partial charge >= 0.3 is 5.97 Å². The molecular formula is C26H39Cl2NO4. The third-order valence-corrected chi connectivity index (χ3v) is 7.52. The molecule has 186 valence electrons. The van der Waals surface area contributed by atoms with Crippen molar-refractivity contribution < 1.29 is 19.4 Å². The number of nitrogens with one attached hydrogen (secondary N) is 1. The number of ether oxygens (including phenoxy) is 1. The molecule has 1 saturated carbocycles. The van der Waals surface area contributed by atoms with Crippen LogP contribution in [0.3, 0.4) is 0 Å². The van der Waals surface area contributed by atoms with Crippen molar-refractivity contribution in [3.63, 3.8) is 0 Å². The van der Waals surface area contributed by atoms with Crippen LogP contribution >= 0.6 is 23.2 Å². The minimum atomic E-state index is -0.846. The summed E-state index contributed by atoms with van der Waals surface area (Å²) in [6, 6.07) is 6.15. The van der Waals surface area contributed by atoms with E-state index < -0.39 is 17.3 Å². The maximum atomic E-state index is 13.1. The van der Waals surface area contributed by atoms with E-state index in [1.807, 2.05) is 19.1 Å². The van der Waals surface area contributed by atoms with E-state index in [4.69, 9.17) is 27.9 Å². The second kappa shape index (κ2) is 14.2. The number of carbonyl (C=O) groups excluding carboxylic acids is 1. The maximum Gasteiger partial charge on any atom is 0.306 e. The number of methoxy groups -OCH3 is 1. The monoisotopic (exact) mass is 499 g/mol. The van der Waals surface area contributed by atoms with Crippen LogP contribution in [-0.4, -0.2) is 42.6 Å². The molecule has 1 fully saturated rings. The lowest BCUT2D eigenvalue weighted by Gasteiger charge is -2.30. The molecule has 1 aromatic rings. The predicted octanol–water partition coefficient (Wildman–Crippen LogP) is 6.03. The number of hydrogen-bond donors (Lipinski definition) is 2. The maximum absolute atomic E-state index is 13.1. The minimum Gasteiger partial charge on any atom is -0.481 e.